The Labute approximate surface area is 181 Å². The first-order chi connectivity index (χ1) is 13.6. The fourth-order valence-corrected chi connectivity index (χ4v) is 4.61. The highest BCUT2D eigenvalue weighted by Gasteiger charge is 2.25. The summed E-state index contributed by atoms with van der Waals surface area (Å²) in [5, 5.41) is 4.64. The highest BCUT2D eigenvalue weighted by molar-refractivity contribution is 7.98. The number of carbonyl (C=O) groups is 1. The molecule has 1 N–H and O–H groups in total. The van der Waals surface area contributed by atoms with Gasteiger partial charge in [-0.15, -0.1) is 0 Å². The lowest BCUT2D eigenvalue weighted by Crippen LogP contribution is -2.43. The normalized spacial score (nSPS) is 17.4. The third kappa shape index (κ3) is 7.00. The summed E-state index contributed by atoms with van der Waals surface area (Å²) in [7, 11) is 0. The molecule has 1 aliphatic heterocycles. The minimum absolute atomic E-state index is 0.0824. The number of carbonyl (C=O) groups excluding carboxylic acids is 1. The summed E-state index contributed by atoms with van der Waals surface area (Å²) >= 11 is 13.8. The molecular formula is C22H26Cl2N2OS. The van der Waals surface area contributed by atoms with E-state index in [1.807, 2.05) is 42.1 Å². The van der Waals surface area contributed by atoms with Gasteiger partial charge in [-0.05, 0) is 54.8 Å². The number of benzene rings is 2. The molecule has 0 aromatic heterocycles. The Bertz CT molecular complexity index is 769. The number of amides is 1. The minimum atomic E-state index is 0.0824. The van der Waals surface area contributed by atoms with Gasteiger partial charge < -0.3 is 5.32 Å². The Morgan fingerprint density at radius 2 is 1.93 bits per heavy atom. The van der Waals surface area contributed by atoms with Crippen molar-refractivity contribution in [1.82, 2.24) is 10.2 Å². The fraction of sp³-hybridized carbons (Fsp3) is 0.409. The summed E-state index contributed by atoms with van der Waals surface area (Å²) in [5.41, 5.74) is 2.46. The number of rotatable bonds is 8. The van der Waals surface area contributed by atoms with Crippen LogP contribution in [0.1, 0.15) is 24.0 Å². The predicted octanol–water partition coefficient (Wildman–Crippen LogP) is 5.26. The smallest absolute Gasteiger partial charge is 0.224 e. The molecule has 3 rings (SSSR count). The molecule has 1 saturated heterocycles. The van der Waals surface area contributed by atoms with Crippen LogP contribution in [0.4, 0.5) is 0 Å². The van der Waals surface area contributed by atoms with E-state index in [1.165, 1.54) is 11.1 Å². The molecule has 1 unspecified atom stereocenters. The second-order valence-electron chi connectivity index (χ2n) is 7.17. The van der Waals surface area contributed by atoms with Gasteiger partial charge in [-0.1, -0.05) is 47.5 Å². The highest BCUT2D eigenvalue weighted by atomic mass is 35.5. The van der Waals surface area contributed by atoms with Gasteiger partial charge >= 0.3 is 0 Å². The van der Waals surface area contributed by atoms with Crippen LogP contribution in [0.2, 0.25) is 10.0 Å². The molecule has 6 heteroatoms. The summed E-state index contributed by atoms with van der Waals surface area (Å²) in [5.74, 6) is 2.08. The largest absolute Gasteiger partial charge is 0.355 e. The Morgan fingerprint density at radius 3 is 2.71 bits per heavy atom. The summed E-state index contributed by atoms with van der Waals surface area (Å²) in [6, 6.07) is 15.9. The van der Waals surface area contributed by atoms with Crippen LogP contribution in [-0.4, -0.2) is 36.2 Å². The quantitative estimate of drug-likeness (QED) is 0.573. The van der Waals surface area contributed by atoms with Crippen molar-refractivity contribution in [3.05, 3.63) is 69.7 Å². The van der Waals surface area contributed by atoms with E-state index in [-0.39, 0.29) is 11.8 Å². The molecule has 1 heterocycles. The first-order valence-corrected chi connectivity index (χ1v) is 11.6. The van der Waals surface area contributed by atoms with Gasteiger partial charge in [0.1, 0.15) is 0 Å². The molecule has 0 radical (unpaired) electrons. The number of halogens is 2. The number of nitrogens with one attached hydrogen (secondary N) is 1. The molecule has 2 aromatic carbocycles. The number of hydrogen-bond acceptors (Lipinski definition) is 3. The van der Waals surface area contributed by atoms with Crippen molar-refractivity contribution in [1.29, 1.82) is 0 Å². The Hall–Kier alpha value is -1.20. The zero-order valence-electron chi connectivity index (χ0n) is 15.9. The molecular weight excluding hydrogens is 411 g/mol. The Balaban J connectivity index is 1.36. The van der Waals surface area contributed by atoms with Gasteiger partial charge in [0.2, 0.25) is 5.91 Å². The molecule has 28 heavy (non-hydrogen) atoms. The topological polar surface area (TPSA) is 32.3 Å². The zero-order valence-corrected chi connectivity index (χ0v) is 18.2. The van der Waals surface area contributed by atoms with Crippen LogP contribution in [0.3, 0.4) is 0 Å². The van der Waals surface area contributed by atoms with Crippen LogP contribution >= 0.6 is 35.0 Å². The van der Waals surface area contributed by atoms with Crippen molar-refractivity contribution >= 4 is 40.9 Å². The van der Waals surface area contributed by atoms with Gasteiger partial charge in [-0.2, -0.15) is 11.8 Å². The van der Waals surface area contributed by atoms with Crippen molar-refractivity contribution in [3.8, 4) is 0 Å². The van der Waals surface area contributed by atoms with E-state index >= 15 is 0 Å². The average Bonchev–Trinajstić information content (AvgIpc) is 2.70. The number of piperidine rings is 1. The van der Waals surface area contributed by atoms with Crippen molar-refractivity contribution in [2.24, 2.45) is 5.92 Å². The number of thioether (sulfide) groups is 1. The third-order valence-electron chi connectivity index (χ3n) is 4.90. The Kier molecular flexibility index (Phi) is 8.53. The van der Waals surface area contributed by atoms with E-state index in [0.29, 0.717) is 6.54 Å². The van der Waals surface area contributed by atoms with Gasteiger partial charge in [0.05, 0.1) is 5.92 Å². The lowest BCUT2D eigenvalue weighted by atomic mass is 9.96. The van der Waals surface area contributed by atoms with Crippen LogP contribution in [-0.2, 0) is 17.1 Å². The highest BCUT2D eigenvalue weighted by Crippen LogP contribution is 2.20. The van der Waals surface area contributed by atoms with Gasteiger partial charge in [0.25, 0.3) is 0 Å². The van der Waals surface area contributed by atoms with Gasteiger partial charge in [0, 0.05) is 41.2 Å². The van der Waals surface area contributed by atoms with E-state index in [4.69, 9.17) is 23.2 Å². The number of nitrogens with zero attached hydrogens (tertiary/aromatic N) is 1. The van der Waals surface area contributed by atoms with Crippen molar-refractivity contribution in [2.45, 2.75) is 25.1 Å². The lowest BCUT2D eigenvalue weighted by molar-refractivity contribution is -0.126. The second-order valence-corrected chi connectivity index (χ2v) is 9.15. The van der Waals surface area contributed by atoms with E-state index in [1.54, 1.807) is 0 Å². The van der Waals surface area contributed by atoms with Crippen LogP contribution in [0, 0.1) is 5.92 Å². The van der Waals surface area contributed by atoms with E-state index < -0.39 is 0 Å². The molecule has 1 amide bonds. The van der Waals surface area contributed by atoms with E-state index in [0.717, 1.165) is 54.0 Å². The monoisotopic (exact) mass is 436 g/mol. The maximum absolute atomic E-state index is 12.5. The molecule has 0 bridgehead atoms. The molecule has 0 saturated carbocycles. The van der Waals surface area contributed by atoms with Crippen molar-refractivity contribution in [2.75, 3.05) is 25.4 Å². The maximum Gasteiger partial charge on any atom is 0.224 e. The van der Waals surface area contributed by atoms with Crippen LogP contribution in [0.25, 0.3) is 0 Å². The molecule has 150 valence electrons. The van der Waals surface area contributed by atoms with Crippen LogP contribution < -0.4 is 5.32 Å². The predicted molar refractivity (Wildman–Crippen MR) is 120 cm³/mol. The Morgan fingerprint density at radius 1 is 1.11 bits per heavy atom. The van der Waals surface area contributed by atoms with Gasteiger partial charge in [-0.25, -0.2) is 0 Å². The third-order valence-corrected chi connectivity index (χ3v) is 6.42. The van der Waals surface area contributed by atoms with Gasteiger partial charge in [-0.3, -0.25) is 9.69 Å². The van der Waals surface area contributed by atoms with Crippen LogP contribution in [0.5, 0.6) is 0 Å². The lowest BCUT2D eigenvalue weighted by Gasteiger charge is -2.32. The molecule has 1 fully saturated rings. The first-order valence-electron chi connectivity index (χ1n) is 9.67. The number of likely N-dealkylation sites (tertiary alicyclic amines) is 1. The average molecular weight is 437 g/mol. The molecule has 1 atom stereocenters. The summed E-state index contributed by atoms with van der Waals surface area (Å²) in [6.45, 7) is 3.44. The molecule has 1 aliphatic rings. The van der Waals surface area contributed by atoms with Crippen molar-refractivity contribution < 1.29 is 4.79 Å². The van der Waals surface area contributed by atoms with Crippen molar-refractivity contribution in [3.63, 3.8) is 0 Å². The SMILES string of the molecule is O=C(NCCSCc1cccc(Cl)c1)C1CCCN(Cc2ccc(Cl)cc2)C1. The van der Waals surface area contributed by atoms with E-state index in [2.05, 4.69) is 28.4 Å². The van der Waals surface area contributed by atoms with E-state index in [9.17, 15) is 4.79 Å². The molecule has 2 aromatic rings. The summed E-state index contributed by atoms with van der Waals surface area (Å²) in [4.78, 5) is 14.9. The molecule has 0 spiro atoms. The first kappa shape index (κ1) is 21.5. The molecule has 3 nitrogen and oxygen atoms in total. The summed E-state index contributed by atoms with van der Waals surface area (Å²) in [6.07, 6.45) is 2.04. The minimum Gasteiger partial charge on any atom is -0.355 e. The number of hydrogen-bond donors (Lipinski definition) is 1. The summed E-state index contributed by atoms with van der Waals surface area (Å²) < 4.78 is 0. The second kappa shape index (κ2) is 11.1. The maximum atomic E-state index is 12.5. The fourth-order valence-electron chi connectivity index (χ4n) is 3.47. The van der Waals surface area contributed by atoms with Gasteiger partial charge in [0.15, 0.2) is 0 Å². The standard InChI is InChI=1S/C22H26Cl2N2OS/c23-20-8-6-17(7-9-20)14-26-11-2-4-19(15-26)22(27)25-10-12-28-16-18-3-1-5-21(24)13-18/h1,3,5-9,13,19H,2,4,10-12,14-16H2,(H,25,27). The molecule has 0 aliphatic carbocycles. The zero-order chi connectivity index (χ0) is 19.8. The van der Waals surface area contributed by atoms with Crippen LogP contribution in [0.15, 0.2) is 48.5 Å².